The minimum atomic E-state index is -2.17. The summed E-state index contributed by atoms with van der Waals surface area (Å²) in [6, 6.07) is 4.93. The van der Waals surface area contributed by atoms with Crippen LogP contribution in [0.25, 0.3) is 0 Å². The molecule has 15 heavy (non-hydrogen) atoms. The van der Waals surface area contributed by atoms with Gasteiger partial charge >= 0.3 is 0 Å². The molecule has 1 aliphatic heterocycles. The van der Waals surface area contributed by atoms with Crippen molar-refractivity contribution in [1.82, 2.24) is 5.32 Å². The zero-order valence-corrected chi connectivity index (χ0v) is 8.54. The molecule has 1 aromatic carbocycles. The van der Waals surface area contributed by atoms with Crippen molar-refractivity contribution in [2.75, 3.05) is 13.7 Å². The lowest BCUT2D eigenvalue weighted by Crippen LogP contribution is -2.26. The van der Waals surface area contributed by atoms with Crippen LogP contribution in [0, 0.1) is 0 Å². The van der Waals surface area contributed by atoms with Crippen LogP contribution in [0.2, 0.25) is 0 Å². The fourth-order valence-corrected chi connectivity index (χ4v) is 1.54. The van der Waals surface area contributed by atoms with Crippen LogP contribution in [0.4, 0.5) is 0 Å². The van der Waals surface area contributed by atoms with E-state index >= 15 is 0 Å². The SMILES string of the molecule is [2H]C([2H])([2H])NC(CC)Cc1ccc2c(c1)OC([2H])([2H])O2. The van der Waals surface area contributed by atoms with Gasteiger partial charge in [0.25, 0.3) is 0 Å². The van der Waals surface area contributed by atoms with Crippen molar-refractivity contribution >= 4 is 0 Å². The lowest BCUT2D eigenvalue weighted by molar-refractivity contribution is 0.174. The van der Waals surface area contributed by atoms with Crippen LogP contribution in [-0.2, 0) is 6.42 Å². The van der Waals surface area contributed by atoms with Gasteiger partial charge in [0.1, 0.15) is 2.74 Å². The Bertz CT molecular complexity index is 489. The average molecular weight is 212 g/mol. The molecule has 0 bridgehead atoms. The summed E-state index contributed by atoms with van der Waals surface area (Å²) in [4.78, 5) is 0. The van der Waals surface area contributed by atoms with Crippen LogP contribution in [0.3, 0.4) is 0 Å². The molecule has 82 valence electrons. The van der Waals surface area contributed by atoms with Gasteiger partial charge in [-0.25, -0.2) is 0 Å². The van der Waals surface area contributed by atoms with Crippen LogP contribution >= 0.6 is 0 Å². The van der Waals surface area contributed by atoms with E-state index in [-0.39, 0.29) is 6.04 Å². The van der Waals surface area contributed by atoms with Crippen LogP contribution in [0.1, 0.15) is 25.8 Å². The Morgan fingerprint density at radius 2 is 2.40 bits per heavy atom. The van der Waals surface area contributed by atoms with Gasteiger partial charge in [-0.1, -0.05) is 13.0 Å². The Balaban J connectivity index is 2.08. The summed E-state index contributed by atoms with van der Waals surface area (Å²) in [5.41, 5.74) is 0.869. The number of hydrogen-bond donors (Lipinski definition) is 1. The first kappa shape index (κ1) is 5.75. The second-order valence-electron chi connectivity index (χ2n) is 3.52. The van der Waals surface area contributed by atoms with E-state index in [4.69, 9.17) is 16.3 Å². The molecular formula is C12H17NO2. The average Bonchev–Trinajstić information content (AvgIpc) is 2.59. The van der Waals surface area contributed by atoms with Gasteiger partial charge in [-0.15, -0.1) is 0 Å². The van der Waals surface area contributed by atoms with Crippen molar-refractivity contribution in [2.24, 2.45) is 0 Å². The third-order valence-corrected chi connectivity index (χ3v) is 2.49. The molecular weight excluding hydrogens is 190 g/mol. The molecule has 0 aromatic heterocycles. The standard InChI is InChI=1S/C12H17NO2/c1-3-10(13-2)6-9-4-5-11-12(7-9)15-8-14-11/h4-5,7,10,13H,3,6,8H2,1-2H3/i2D3,8D2. The first-order valence-electron chi connectivity index (χ1n) is 7.47. The van der Waals surface area contributed by atoms with Gasteiger partial charge in [0.05, 0.1) is 0 Å². The van der Waals surface area contributed by atoms with Crippen LogP contribution in [0.5, 0.6) is 11.5 Å². The molecule has 2 rings (SSSR count). The van der Waals surface area contributed by atoms with E-state index in [0.29, 0.717) is 24.3 Å². The van der Waals surface area contributed by atoms with Crippen LogP contribution in [-0.4, -0.2) is 19.8 Å². The normalized spacial score (nSPS) is 24.5. The van der Waals surface area contributed by atoms with Crippen molar-refractivity contribution < 1.29 is 16.3 Å². The Hall–Kier alpha value is -1.22. The van der Waals surface area contributed by atoms with Gasteiger partial charge in [0.2, 0.25) is 6.75 Å². The molecule has 3 nitrogen and oxygen atoms in total. The maximum atomic E-state index is 7.37. The number of likely N-dealkylation sites (N-methyl/N-ethyl adjacent to an activating group) is 1. The van der Waals surface area contributed by atoms with E-state index in [1.807, 2.05) is 6.92 Å². The lowest BCUT2D eigenvalue weighted by Gasteiger charge is -2.13. The number of rotatable bonds is 4. The van der Waals surface area contributed by atoms with E-state index in [0.717, 1.165) is 5.56 Å². The van der Waals surface area contributed by atoms with Crippen molar-refractivity contribution in [3.05, 3.63) is 23.8 Å². The number of nitrogens with one attached hydrogen (secondary N) is 1. The summed E-state index contributed by atoms with van der Waals surface area (Å²) in [6.07, 6.45) is 1.20. The molecule has 1 aromatic rings. The minimum absolute atomic E-state index is 0.181. The molecule has 0 spiro atoms. The first-order chi connectivity index (χ1) is 9.18. The number of fused-ring (bicyclic) bond motifs is 1. The molecule has 1 heterocycles. The maximum absolute atomic E-state index is 7.37. The predicted octanol–water partition coefficient (Wildman–Crippen LogP) is 1.96. The third kappa shape index (κ3) is 2.23. The molecule has 0 saturated carbocycles. The van der Waals surface area contributed by atoms with E-state index in [1.165, 1.54) is 0 Å². The highest BCUT2D eigenvalue weighted by Gasteiger charge is 2.14. The van der Waals surface area contributed by atoms with Gasteiger partial charge in [-0.05, 0) is 37.5 Å². The summed E-state index contributed by atoms with van der Waals surface area (Å²) in [5.74, 6) is 0.701. The molecule has 1 unspecified atom stereocenters. The fourth-order valence-electron chi connectivity index (χ4n) is 1.54. The van der Waals surface area contributed by atoms with Crippen molar-refractivity contribution in [2.45, 2.75) is 25.8 Å². The Morgan fingerprint density at radius 3 is 3.20 bits per heavy atom. The van der Waals surface area contributed by atoms with Gasteiger partial charge in [0, 0.05) is 10.2 Å². The molecule has 0 radical (unpaired) electrons. The Morgan fingerprint density at radius 1 is 1.53 bits per heavy atom. The maximum Gasteiger partial charge on any atom is 0.231 e. The molecule has 1 atom stereocenters. The predicted molar refractivity (Wildman–Crippen MR) is 59.4 cm³/mol. The van der Waals surface area contributed by atoms with Gasteiger partial charge < -0.3 is 14.8 Å². The lowest BCUT2D eigenvalue weighted by atomic mass is 10.0. The second-order valence-corrected chi connectivity index (χ2v) is 3.52. The van der Waals surface area contributed by atoms with E-state index in [2.05, 4.69) is 5.32 Å². The number of benzene rings is 1. The van der Waals surface area contributed by atoms with Gasteiger partial charge in [0.15, 0.2) is 11.5 Å². The van der Waals surface area contributed by atoms with Crippen molar-refractivity contribution in [3.63, 3.8) is 0 Å². The third-order valence-electron chi connectivity index (χ3n) is 2.49. The molecule has 0 aliphatic carbocycles. The largest absolute Gasteiger partial charge is 0.454 e. The summed E-state index contributed by atoms with van der Waals surface area (Å²) in [5, 5.41) is 2.59. The van der Waals surface area contributed by atoms with Crippen LogP contribution < -0.4 is 14.8 Å². The van der Waals surface area contributed by atoms with E-state index < -0.39 is 13.7 Å². The quantitative estimate of drug-likeness (QED) is 0.827. The molecule has 0 saturated heterocycles. The van der Waals surface area contributed by atoms with E-state index in [9.17, 15) is 0 Å². The van der Waals surface area contributed by atoms with Crippen LogP contribution in [0.15, 0.2) is 18.2 Å². The number of hydrogen-bond acceptors (Lipinski definition) is 3. The number of ether oxygens (including phenoxy) is 2. The summed E-state index contributed by atoms with van der Waals surface area (Å²) in [7, 11) is 0. The summed E-state index contributed by atoms with van der Waals surface area (Å²) in [6.45, 7) is -2.40. The van der Waals surface area contributed by atoms with Gasteiger partial charge in [-0.3, -0.25) is 0 Å². The smallest absolute Gasteiger partial charge is 0.231 e. The second kappa shape index (κ2) is 4.53. The molecule has 0 fully saturated rings. The van der Waals surface area contributed by atoms with Gasteiger partial charge in [-0.2, -0.15) is 0 Å². The molecule has 1 aliphatic rings. The van der Waals surface area contributed by atoms with Crippen molar-refractivity contribution in [1.29, 1.82) is 0 Å². The Kier molecular flexibility index (Phi) is 1.74. The monoisotopic (exact) mass is 212 g/mol. The zero-order chi connectivity index (χ0) is 15.0. The molecule has 1 N–H and O–H groups in total. The fraction of sp³-hybridized carbons (Fsp3) is 0.500. The minimum Gasteiger partial charge on any atom is -0.454 e. The van der Waals surface area contributed by atoms with Crippen molar-refractivity contribution in [3.8, 4) is 11.5 Å². The highest BCUT2D eigenvalue weighted by Crippen LogP contribution is 2.32. The summed E-state index contributed by atoms with van der Waals surface area (Å²) >= 11 is 0. The zero-order valence-electron chi connectivity index (χ0n) is 13.5. The molecule has 3 heteroatoms. The summed E-state index contributed by atoms with van der Waals surface area (Å²) < 4.78 is 46.4. The molecule has 0 amide bonds. The topological polar surface area (TPSA) is 30.5 Å². The highest BCUT2D eigenvalue weighted by atomic mass is 16.7. The Labute approximate surface area is 97.4 Å². The van der Waals surface area contributed by atoms with E-state index in [1.54, 1.807) is 18.2 Å². The first-order valence-corrected chi connectivity index (χ1v) is 4.97. The highest BCUT2D eigenvalue weighted by molar-refractivity contribution is 5.44.